The molecule has 0 fully saturated rings. The third-order valence-electron chi connectivity index (χ3n) is 12.6. The normalized spacial score (nSPS) is 16.5. The van der Waals surface area contributed by atoms with Crippen molar-refractivity contribution in [3.05, 3.63) is 165 Å². The second-order valence-corrected chi connectivity index (χ2v) is 17.9. The molecule has 4 aliphatic heterocycles. The standard InChI is InChI=1S/C60H66O14/c1-3-66-60(61)51-17-19-53-55(41-51)70-31-23-65-27-35-74-59-49-14-7-15-50(59)40-48-13-6-12-47-38-46-11-5-9-44(57(46)72-33-25-63-21-29-68-53)37-43-8-4-10-45(39-49)56(43)71-32-24-62-20-28-67-52-18-16-42(2)36-54(52)69-30-22-64-26-34-73-58(47)48/h4-19,36,41H,3,20-35,37-40H2,1-2H3. The smallest absolute Gasteiger partial charge is 0.338 e. The molecule has 11 rings (SSSR count). The predicted molar refractivity (Wildman–Crippen MR) is 278 cm³/mol. The van der Waals surface area contributed by atoms with Crippen molar-refractivity contribution in [1.82, 2.24) is 0 Å². The molecule has 12 bridgehead atoms. The molecule has 0 unspecified atom stereocenters. The molecule has 0 saturated heterocycles. The minimum atomic E-state index is -0.445. The number of fused-ring (bicyclic) bond motifs is 24. The van der Waals surface area contributed by atoms with Gasteiger partial charge in [-0.3, -0.25) is 0 Å². The van der Waals surface area contributed by atoms with Crippen molar-refractivity contribution in [2.45, 2.75) is 39.5 Å². The Morgan fingerprint density at radius 2 is 0.662 bits per heavy atom. The van der Waals surface area contributed by atoms with Gasteiger partial charge in [-0.2, -0.15) is 0 Å². The predicted octanol–water partition coefficient (Wildman–Crippen LogP) is 9.37. The van der Waals surface area contributed by atoms with Crippen LogP contribution in [0.4, 0.5) is 0 Å². The Bertz CT molecular complexity index is 2790. The van der Waals surface area contributed by atoms with Gasteiger partial charge >= 0.3 is 5.97 Å². The van der Waals surface area contributed by atoms with E-state index < -0.39 is 5.97 Å². The van der Waals surface area contributed by atoms with Crippen LogP contribution in [0.25, 0.3) is 0 Å². The number of carbonyl (C=O) groups excluding carboxylic acids is 1. The van der Waals surface area contributed by atoms with Crippen molar-refractivity contribution < 1.29 is 66.4 Å². The SMILES string of the molecule is CCOC(=O)c1ccc2c(c1)OCCOCCOc1c3cccc1Cc1cccc4c1OCCOCCOc1cc(C)ccc1OCCOCCOc1c(cccc1C3)Cc1cccc(c1OCCOCCO2)C4. The van der Waals surface area contributed by atoms with E-state index in [1.165, 1.54) is 0 Å². The van der Waals surface area contributed by atoms with Gasteiger partial charge in [0, 0.05) is 25.7 Å². The van der Waals surface area contributed by atoms with Crippen molar-refractivity contribution in [1.29, 1.82) is 0 Å². The van der Waals surface area contributed by atoms with Crippen LogP contribution in [0, 0.1) is 6.92 Å². The number of esters is 1. The summed E-state index contributed by atoms with van der Waals surface area (Å²) in [6, 6.07) is 36.2. The summed E-state index contributed by atoms with van der Waals surface area (Å²) in [5, 5.41) is 0. The van der Waals surface area contributed by atoms with Crippen molar-refractivity contribution in [2.75, 3.05) is 112 Å². The van der Waals surface area contributed by atoms with E-state index in [-0.39, 0.29) is 46.2 Å². The first-order valence-corrected chi connectivity index (χ1v) is 25.7. The lowest BCUT2D eigenvalue weighted by molar-refractivity contribution is 0.0524. The fourth-order valence-electron chi connectivity index (χ4n) is 9.22. The molecule has 4 heterocycles. The van der Waals surface area contributed by atoms with Crippen LogP contribution in [0.5, 0.6) is 46.0 Å². The molecular weight excluding hydrogens is 945 g/mol. The number of benzene rings is 6. The lowest BCUT2D eigenvalue weighted by Gasteiger charge is -2.23. The summed E-state index contributed by atoms with van der Waals surface area (Å²) < 4.78 is 81.5. The number of hydrogen-bond acceptors (Lipinski definition) is 14. The van der Waals surface area contributed by atoms with Gasteiger partial charge < -0.3 is 61.6 Å². The Balaban J connectivity index is 1.08. The molecule has 0 N–H and O–H groups in total. The molecule has 0 saturated carbocycles. The van der Waals surface area contributed by atoms with Crippen LogP contribution in [0.2, 0.25) is 0 Å². The summed E-state index contributed by atoms with van der Waals surface area (Å²) in [7, 11) is 0. The highest BCUT2D eigenvalue weighted by atomic mass is 16.6. The Morgan fingerprint density at radius 1 is 0.365 bits per heavy atom. The molecule has 6 aromatic rings. The van der Waals surface area contributed by atoms with Gasteiger partial charge in [-0.15, -0.1) is 0 Å². The van der Waals surface area contributed by atoms with Gasteiger partial charge in [-0.05, 0) is 94.3 Å². The average molecular weight is 1010 g/mol. The summed E-state index contributed by atoms with van der Waals surface area (Å²) in [5.41, 5.74) is 9.43. The zero-order valence-corrected chi connectivity index (χ0v) is 42.5. The molecule has 0 amide bonds. The maximum absolute atomic E-state index is 12.7. The van der Waals surface area contributed by atoms with Gasteiger partial charge in [-0.1, -0.05) is 78.9 Å². The monoisotopic (exact) mass is 1010 g/mol. The van der Waals surface area contributed by atoms with Crippen LogP contribution in [0.15, 0.2) is 109 Å². The quantitative estimate of drug-likeness (QED) is 0.120. The summed E-state index contributed by atoms with van der Waals surface area (Å²) in [6.45, 7) is 8.87. The highest BCUT2D eigenvalue weighted by molar-refractivity contribution is 5.90. The minimum Gasteiger partial charge on any atom is -0.491 e. The van der Waals surface area contributed by atoms with Crippen LogP contribution < -0.4 is 37.9 Å². The average Bonchev–Trinajstić information content (AvgIpc) is 3.40. The van der Waals surface area contributed by atoms with E-state index in [4.69, 9.17) is 61.6 Å². The van der Waals surface area contributed by atoms with Crippen molar-refractivity contribution in [3.63, 3.8) is 0 Å². The van der Waals surface area contributed by atoms with Gasteiger partial charge in [-0.25, -0.2) is 4.79 Å². The van der Waals surface area contributed by atoms with E-state index >= 15 is 0 Å². The Morgan fingerprint density at radius 3 is 1.00 bits per heavy atom. The van der Waals surface area contributed by atoms with Crippen LogP contribution in [0.1, 0.15) is 67.4 Å². The molecule has 1 aliphatic carbocycles. The number of para-hydroxylation sites is 4. The molecule has 14 heteroatoms. The highest BCUT2D eigenvalue weighted by Gasteiger charge is 2.23. The molecular formula is C60H66O14. The fourth-order valence-corrected chi connectivity index (χ4v) is 9.22. The molecule has 390 valence electrons. The fraction of sp³-hybridized carbons (Fsp3) is 0.383. The van der Waals surface area contributed by atoms with Crippen LogP contribution >= 0.6 is 0 Å². The minimum absolute atomic E-state index is 0.200. The van der Waals surface area contributed by atoms with E-state index in [0.29, 0.717) is 120 Å². The third-order valence-corrected chi connectivity index (χ3v) is 12.6. The zero-order valence-electron chi connectivity index (χ0n) is 42.5. The number of hydrogen-bond donors (Lipinski definition) is 0. The summed E-state index contributed by atoms with van der Waals surface area (Å²) in [4.78, 5) is 12.7. The number of carbonyl (C=O) groups is 1. The van der Waals surface area contributed by atoms with Gasteiger partial charge in [0.2, 0.25) is 0 Å². The molecule has 0 radical (unpaired) electrons. The van der Waals surface area contributed by atoms with Crippen LogP contribution in [0.3, 0.4) is 0 Å². The van der Waals surface area contributed by atoms with E-state index in [9.17, 15) is 4.79 Å². The van der Waals surface area contributed by atoms with Gasteiger partial charge in [0.25, 0.3) is 0 Å². The second-order valence-electron chi connectivity index (χ2n) is 17.9. The first kappa shape index (κ1) is 51.9. The molecule has 0 aromatic heterocycles. The summed E-state index contributed by atoms with van der Waals surface area (Å²) in [5.74, 6) is 4.85. The number of ether oxygens (including phenoxy) is 13. The van der Waals surface area contributed by atoms with Crippen molar-refractivity contribution >= 4 is 5.97 Å². The maximum Gasteiger partial charge on any atom is 0.338 e. The third kappa shape index (κ3) is 14.0. The molecule has 5 aliphatic rings. The van der Waals surface area contributed by atoms with Gasteiger partial charge in [0.05, 0.1) is 65.0 Å². The first-order chi connectivity index (χ1) is 36.5. The lowest BCUT2D eigenvalue weighted by Crippen LogP contribution is -2.15. The molecule has 74 heavy (non-hydrogen) atoms. The van der Waals surface area contributed by atoms with Gasteiger partial charge in [0.1, 0.15) is 75.9 Å². The maximum atomic E-state index is 12.7. The van der Waals surface area contributed by atoms with E-state index in [2.05, 4.69) is 72.8 Å². The van der Waals surface area contributed by atoms with E-state index in [0.717, 1.165) is 73.1 Å². The van der Waals surface area contributed by atoms with Crippen molar-refractivity contribution in [2.24, 2.45) is 0 Å². The molecule has 6 aromatic carbocycles. The molecule has 0 atom stereocenters. The Labute approximate surface area is 433 Å². The van der Waals surface area contributed by atoms with Crippen LogP contribution in [-0.4, -0.2) is 118 Å². The second kappa shape index (κ2) is 26.8. The van der Waals surface area contributed by atoms with Gasteiger partial charge in [0.15, 0.2) is 23.0 Å². The first-order valence-electron chi connectivity index (χ1n) is 25.7. The summed E-state index contributed by atoms with van der Waals surface area (Å²) in [6.07, 6.45) is 2.09. The number of aryl methyl sites for hydroxylation is 1. The Hall–Kier alpha value is -6.97. The summed E-state index contributed by atoms with van der Waals surface area (Å²) >= 11 is 0. The van der Waals surface area contributed by atoms with E-state index in [1.54, 1.807) is 25.1 Å². The molecule has 0 spiro atoms. The van der Waals surface area contributed by atoms with Crippen molar-refractivity contribution in [3.8, 4) is 46.0 Å². The number of rotatable bonds is 2. The Kier molecular flexibility index (Phi) is 18.8. The van der Waals surface area contributed by atoms with Crippen LogP contribution in [-0.2, 0) is 49.4 Å². The zero-order chi connectivity index (χ0) is 50.7. The highest BCUT2D eigenvalue weighted by Crippen LogP contribution is 2.39. The lowest BCUT2D eigenvalue weighted by atomic mass is 9.91. The topological polar surface area (TPSA) is 137 Å². The largest absolute Gasteiger partial charge is 0.491 e. The molecule has 14 nitrogen and oxygen atoms in total. The van der Waals surface area contributed by atoms with E-state index in [1.807, 2.05) is 25.1 Å².